The van der Waals surface area contributed by atoms with Crippen molar-refractivity contribution in [1.82, 2.24) is 5.32 Å². The van der Waals surface area contributed by atoms with Gasteiger partial charge in [-0.05, 0) is 25.5 Å². The third-order valence-electron chi connectivity index (χ3n) is 2.50. The molecule has 0 bridgehead atoms. The first-order chi connectivity index (χ1) is 10.0. The maximum absolute atomic E-state index is 12.4. The lowest BCUT2D eigenvalue weighted by Gasteiger charge is -2.09. The highest BCUT2D eigenvalue weighted by atomic mass is 32.2. The number of amides is 1. The minimum atomic E-state index is -2.58. The molecule has 1 aromatic carbocycles. The van der Waals surface area contributed by atoms with E-state index in [1.165, 1.54) is 12.1 Å². The molecule has 0 spiro atoms. The van der Waals surface area contributed by atoms with Gasteiger partial charge in [-0.15, -0.1) is 0 Å². The molecule has 0 aliphatic carbocycles. The number of benzene rings is 1. The van der Waals surface area contributed by atoms with Gasteiger partial charge in [0.05, 0.1) is 12.2 Å². The van der Waals surface area contributed by atoms with E-state index in [2.05, 4.69) is 5.32 Å². The average molecular weight is 317 g/mol. The van der Waals surface area contributed by atoms with Crippen LogP contribution in [0.25, 0.3) is 0 Å². The molecule has 116 valence electrons. The maximum Gasteiger partial charge on any atom is 0.305 e. The van der Waals surface area contributed by atoms with Crippen LogP contribution in [0.15, 0.2) is 29.2 Å². The van der Waals surface area contributed by atoms with Gasteiger partial charge in [-0.3, -0.25) is 9.59 Å². The number of carbonyl (C=O) groups is 2. The Balaban J connectivity index is 2.47. The topological polar surface area (TPSA) is 55.4 Å². The lowest BCUT2D eigenvalue weighted by molar-refractivity contribution is -0.143. The molecular weight excluding hydrogens is 300 g/mol. The molecule has 1 N–H and O–H groups in total. The second kappa shape index (κ2) is 9.33. The first-order valence-corrected chi connectivity index (χ1v) is 7.40. The summed E-state index contributed by atoms with van der Waals surface area (Å²) in [4.78, 5) is 23.3. The number of ether oxygens (including phenoxy) is 1. The number of alkyl halides is 2. The largest absolute Gasteiger partial charge is 0.466 e. The zero-order chi connectivity index (χ0) is 15.7. The van der Waals surface area contributed by atoms with E-state index in [0.717, 1.165) is 0 Å². The van der Waals surface area contributed by atoms with Gasteiger partial charge in [-0.1, -0.05) is 23.9 Å². The van der Waals surface area contributed by atoms with Crippen molar-refractivity contribution in [1.29, 1.82) is 0 Å². The summed E-state index contributed by atoms with van der Waals surface area (Å²) < 4.78 is 29.6. The number of hydrogen-bond acceptors (Lipinski definition) is 4. The van der Waals surface area contributed by atoms with Gasteiger partial charge in [0.15, 0.2) is 0 Å². The summed E-state index contributed by atoms with van der Waals surface area (Å²) in [6, 6.07) is 6.18. The van der Waals surface area contributed by atoms with Crippen LogP contribution < -0.4 is 5.32 Å². The highest BCUT2D eigenvalue weighted by Crippen LogP contribution is 2.28. The number of hydrogen-bond donors (Lipinski definition) is 1. The minimum absolute atomic E-state index is 0.207. The highest BCUT2D eigenvalue weighted by molar-refractivity contribution is 7.99. The quantitative estimate of drug-likeness (QED) is 0.455. The second-order valence-corrected chi connectivity index (χ2v) is 5.07. The van der Waals surface area contributed by atoms with Gasteiger partial charge >= 0.3 is 5.97 Å². The Kier molecular flexibility index (Phi) is 7.74. The van der Waals surface area contributed by atoms with Crippen LogP contribution >= 0.6 is 11.8 Å². The van der Waals surface area contributed by atoms with Crippen molar-refractivity contribution < 1.29 is 23.1 Å². The Labute approximate surface area is 126 Å². The molecule has 0 aliphatic rings. The monoisotopic (exact) mass is 317 g/mol. The summed E-state index contributed by atoms with van der Waals surface area (Å²) in [7, 11) is 0. The maximum atomic E-state index is 12.4. The molecule has 0 atom stereocenters. The lowest BCUT2D eigenvalue weighted by atomic mass is 10.2. The van der Waals surface area contributed by atoms with Gasteiger partial charge in [0, 0.05) is 17.9 Å². The molecule has 1 aromatic rings. The normalized spacial score (nSPS) is 10.5. The minimum Gasteiger partial charge on any atom is -0.466 e. The van der Waals surface area contributed by atoms with E-state index in [4.69, 9.17) is 4.74 Å². The van der Waals surface area contributed by atoms with Crippen molar-refractivity contribution in [3.05, 3.63) is 29.8 Å². The number of esters is 1. The second-order valence-electron chi connectivity index (χ2n) is 4.04. The van der Waals surface area contributed by atoms with Crippen molar-refractivity contribution in [3.63, 3.8) is 0 Å². The van der Waals surface area contributed by atoms with Crippen molar-refractivity contribution in [2.75, 3.05) is 13.2 Å². The van der Waals surface area contributed by atoms with Crippen LogP contribution in [-0.4, -0.2) is 30.8 Å². The van der Waals surface area contributed by atoms with Crippen LogP contribution in [-0.2, 0) is 9.53 Å². The molecule has 1 rings (SSSR count). The Hall–Kier alpha value is -1.63. The summed E-state index contributed by atoms with van der Waals surface area (Å²) in [6.07, 6.45) is 0.649. The SMILES string of the molecule is CCOC(=O)CCCNC(=O)c1ccccc1SC(F)F. The van der Waals surface area contributed by atoms with Crippen molar-refractivity contribution >= 4 is 23.6 Å². The molecule has 0 radical (unpaired) electrons. The van der Waals surface area contributed by atoms with Gasteiger partial charge in [0.25, 0.3) is 11.7 Å². The first kappa shape index (κ1) is 17.4. The summed E-state index contributed by atoms with van der Waals surface area (Å²) in [5.74, 6) is -3.33. The van der Waals surface area contributed by atoms with E-state index in [9.17, 15) is 18.4 Å². The van der Waals surface area contributed by atoms with E-state index in [0.29, 0.717) is 24.8 Å². The van der Waals surface area contributed by atoms with Crippen LogP contribution in [0.1, 0.15) is 30.1 Å². The first-order valence-electron chi connectivity index (χ1n) is 6.52. The summed E-state index contributed by atoms with van der Waals surface area (Å²) in [6.45, 7) is 2.33. The van der Waals surface area contributed by atoms with E-state index >= 15 is 0 Å². The van der Waals surface area contributed by atoms with Crippen molar-refractivity contribution in [3.8, 4) is 0 Å². The van der Waals surface area contributed by atoms with Crippen molar-refractivity contribution in [2.24, 2.45) is 0 Å². The average Bonchev–Trinajstić information content (AvgIpc) is 2.43. The van der Waals surface area contributed by atoms with Gasteiger partial charge in [0.1, 0.15) is 0 Å². The van der Waals surface area contributed by atoms with Gasteiger partial charge < -0.3 is 10.1 Å². The molecule has 1 amide bonds. The third-order valence-corrected chi connectivity index (χ3v) is 3.28. The Morgan fingerprint density at radius 2 is 2.05 bits per heavy atom. The molecule has 0 aromatic heterocycles. The van der Waals surface area contributed by atoms with Crippen LogP contribution in [0.2, 0.25) is 0 Å². The molecule has 0 fully saturated rings. The van der Waals surface area contributed by atoms with E-state index < -0.39 is 11.7 Å². The Morgan fingerprint density at radius 3 is 2.71 bits per heavy atom. The van der Waals surface area contributed by atoms with Crippen LogP contribution in [0, 0.1) is 0 Å². The van der Waals surface area contributed by atoms with Gasteiger partial charge in [-0.25, -0.2) is 0 Å². The molecule has 0 saturated carbocycles. The van der Waals surface area contributed by atoms with Crippen LogP contribution in [0.5, 0.6) is 0 Å². The Morgan fingerprint density at radius 1 is 1.33 bits per heavy atom. The number of rotatable bonds is 8. The van der Waals surface area contributed by atoms with E-state index in [1.54, 1.807) is 19.1 Å². The third kappa shape index (κ3) is 6.57. The molecule has 4 nitrogen and oxygen atoms in total. The standard InChI is InChI=1S/C14H17F2NO3S/c1-2-20-12(18)8-5-9-17-13(19)10-6-3-4-7-11(10)21-14(15)16/h3-4,6-7,14H,2,5,8-9H2,1H3,(H,17,19). The van der Waals surface area contributed by atoms with E-state index in [1.807, 2.05) is 0 Å². The van der Waals surface area contributed by atoms with Crippen LogP contribution in [0.4, 0.5) is 8.78 Å². The zero-order valence-electron chi connectivity index (χ0n) is 11.6. The molecule has 7 heteroatoms. The van der Waals surface area contributed by atoms with Crippen molar-refractivity contribution in [2.45, 2.75) is 30.4 Å². The smallest absolute Gasteiger partial charge is 0.305 e. The predicted octanol–water partition coefficient (Wildman–Crippen LogP) is 3.07. The molecule has 0 heterocycles. The fourth-order valence-corrected chi connectivity index (χ4v) is 2.25. The molecule has 0 aliphatic heterocycles. The molecule has 21 heavy (non-hydrogen) atoms. The molecule has 0 saturated heterocycles. The number of nitrogens with one attached hydrogen (secondary N) is 1. The predicted molar refractivity (Wildman–Crippen MR) is 76.5 cm³/mol. The van der Waals surface area contributed by atoms with Crippen LogP contribution in [0.3, 0.4) is 0 Å². The zero-order valence-corrected chi connectivity index (χ0v) is 12.4. The molecular formula is C14H17F2NO3S. The van der Waals surface area contributed by atoms with E-state index in [-0.39, 0.29) is 29.4 Å². The fourth-order valence-electron chi connectivity index (χ4n) is 1.62. The van der Waals surface area contributed by atoms with Gasteiger partial charge in [-0.2, -0.15) is 8.78 Å². The summed E-state index contributed by atoms with van der Waals surface area (Å²) >= 11 is 0.336. The lowest BCUT2D eigenvalue weighted by Crippen LogP contribution is -2.25. The highest BCUT2D eigenvalue weighted by Gasteiger charge is 2.14. The number of thioether (sulfide) groups is 1. The summed E-state index contributed by atoms with van der Waals surface area (Å²) in [5, 5.41) is 2.61. The number of carbonyl (C=O) groups excluding carboxylic acids is 2. The molecule has 0 unspecified atom stereocenters. The Bertz CT molecular complexity index is 483. The fraction of sp³-hybridized carbons (Fsp3) is 0.429. The van der Waals surface area contributed by atoms with Gasteiger partial charge in [0.2, 0.25) is 0 Å². The summed E-state index contributed by atoms with van der Waals surface area (Å²) in [5.41, 5.74) is 0.207. The number of halogens is 2.